The fourth-order valence-corrected chi connectivity index (χ4v) is 3.27. The summed E-state index contributed by atoms with van der Waals surface area (Å²) in [5, 5.41) is 9.83. The Labute approximate surface area is 138 Å². The molecule has 2 aromatic rings. The molecule has 2 heterocycles. The van der Waals surface area contributed by atoms with E-state index in [4.69, 9.17) is 4.74 Å². The number of nitrogens with zero attached hydrogens (tertiary/aromatic N) is 2. The lowest BCUT2D eigenvalue weighted by Crippen LogP contribution is -2.24. The molecule has 0 radical (unpaired) electrons. The van der Waals surface area contributed by atoms with Crippen molar-refractivity contribution in [1.82, 2.24) is 9.97 Å². The zero-order valence-corrected chi connectivity index (χ0v) is 14.3. The molecule has 1 aromatic carbocycles. The summed E-state index contributed by atoms with van der Waals surface area (Å²) in [7, 11) is 0. The summed E-state index contributed by atoms with van der Waals surface area (Å²) in [6.45, 7) is 6.06. The van der Waals surface area contributed by atoms with Gasteiger partial charge in [0, 0.05) is 12.0 Å². The molecule has 6 heteroatoms. The highest BCUT2D eigenvalue weighted by Crippen LogP contribution is 2.40. The van der Waals surface area contributed by atoms with Crippen LogP contribution < -0.4 is 10.3 Å². The number of aryl methyl sites for hydroxylation is 1. The molecule has 5 nitrogen and oxygen atoms in total. The highest BCUT2D eigenvalue weighted by Gasteiger charge is 2.32. The average molecular weight is 327 g/mol. The Morgan fingerprint density at radius 3 is 2.83 bits per heavy atom. The third-order valence-corrected chi connectivity index (χ3v) is 4.40. The van der Waals surface area contributed by atoms with Gasteiger partial charge in [-0.25, -0.2) is 4.98 Å². The summed E-state index contributed by atoms with van der Waals surface area (Å²) in [4.78, 5) is 19.1. The molecular formula is C17H17N3O2S. The molecule has 0 saturated heterocycles. The number of fused-ring (bicyclic) bond motifs is 1. The summed E-state index contributed by atoms with van der Waals surface area (Å²) in [5.41, 5.74) is 2.67. The van der Waals surface area contributed by atoms with Crippen molar-refractivity contribution in [1.29, 1.82) is 5.26 Å². The Morgan fingerprint density at radius 2 is 2.17 bits per heavy atom. The van der Waals surface area contributed by atoms with Crippen LogP contribution in [-0.2, 0) is 6.42 Å². The fourth-order valence-electron chi connectivity index (χ4n) is 2.89. The number of benzene rings is 1. The molecule has 1 aromatic heterocycles. The molecule has 0 amide bonds. The number of hydrogen-bond donors (Lipinski definition) is 1. The van der Waals surface area contributed by atoms with E-state index in [1.54, 1.807) is 0 Å². The molecule has 1 aliphatic heterocycles. The normalized spacial score (nSPS) is 14.9. The minimum Gasteiger partial charge on any atom is -0.487 e. The third-order valence-electron chi connectivity index (χ3n) is 3.82. The number of rotatable bonds is 2. The fraction of sp³-hybridized carbons (Fsp3) is 0.353. The monoisotopic (exact) mass is 327 g/mol. The van der Waals surface area contributed by atoms with Gasteiger partial charge in [0.1, 0.15) is 23.0 Å². The predicted octanol–water partition coefficient (Wildman–Crippen LogP) is 3.05. The van der Waals surface area contributed by atoms with E-state index >= 15 is 0 Å². The SMILES string of the molecule is CSc1nc(-c2cc(C)c3c(c2)CC(C)(C)O3)c(C#N)c(=O)[nH]1. The average Bonchev–Trinajstić information content (AvgIpc) is 2.81. The highest BCUT2D eigenvalue weighted by atomic mass is 32.2. The lowest BCUT2D eigenvalue weighted by Gasteiger charge is -2.17. The molecule has 0 unspecified atom stereocenters. The minimum absolute atomic E-state index is 0.0420. The van der Waals surface area contributed by atoms with E-state index in [1.807, 2.05) is 45.2 Å². The van der Waals surface area contributed by atoms with Crippen LogP contribution in [0.3, 0.4) is 0 Å². The van der Waals surface area contributed by atoms with Gasteiger partial charge in [-0.3, -0.25) is 4.79 Å². The van der Waals surface area contributed by atoms with Gasteiger partial charge < -0.3 is 9.72 Å². The first kappa shape index (κ1) is 15.6. The second kappa shape index (κ2) is 5.43. The van der Waals surface area contributed by atoms with E-state index < -0.39 is 5.56 Å². The highest BCUT2D eigenvalue weighted by molar-refractivity contribution is 7.98. The van der Waals surface area contributed by atoms with E-state index in [0.29, 0.717) is 10.9 Å². The molecule has 0 atom stereocenters. The number of ether oxygens (including phenoxy) is 1. The Balaban J connectivity index is 2.22. The van der Waals surface area contributed by atoms with E-state index in [9.17, 15) is 10.1 Å². The zero-order chi connectivity index (χ0) is 16.8. The number of H-pyrrole nitrogens is 1. The molecule has 0 spiro atoms. The lowest BCUT2D eigenvalue weighted by atomic mass is 9.96. The Bertz CT molecular complexity index is 894. The molecule has 23 heavy (non-hydrogen) atoms. The summed E-state index contributed by atoms with van der Waals surface area (Å²) in [6, 6.07) is 5.87. The number of nitrogens with one attached hydrogen (secondary N) is 1. The van der Waals surface area contributed by atoms with Crippen LogP contribution in [0.1, 0.15) is 30.5 Å². The molecular weight excluding hydrogens is 310 g/mol. The van der Waals surface area contributed by atoms with Crippen molar-refractivity contribution < 1.29 is 4.74 Å². The number of aromatic nitrogens is 2. The maximum atomic E-state index is 12.1. The molecule has 0 bridgehead atoms. The molecule has 3 rings (SSSR count). The Morgan fingerprint density at radius 1 is 1.43 bits per heavy atom. The molecule has 0 fully saturated rings. The van der Waals surface area contributed by atoms with Crippen LogP contribution in [0.15, 0.2) is 22.1 Å². The van der Waals surface area contributed by atoms with E-state index in [1.165, 1.54) is 11.8 Å². The van der Waals surface area contributed by atoms with Crippen LogP contribution in [0, 0.1) is 18.3 Å². The number of thioether (sulfide) groups is 1. The first-order valence-electron chi connectivity index (χ1n) is 7.26. The second-order valence-corrected chi connectivity index (χ2v) is 7.03. The largest absolute Gasteiger partial charge is 0.487 e. The van der Waals surface area contributed by atoms with Crippen molar-refractivity contribution in [3.63, 3.8) is 0 Å². The van der Waals surface area contributed by atoms with Crippen molar-refractivity contribution in [2.24, 2.45) is 0 Å². The maximum absolute atomic E-state index is 12.1. The third kappa shape index (κ3) is 2.73. The van der Waals surface area contributed by atoms with Crippen LogP contribution in [0.5, 0.6) is 5.75 Å². The first-order chi connectivity index (χ1) is 10.8. The van der Waals surface area contributed by atoms with Gasteiger partial charge in [0.25, 0.3) is 5.56 Å². The molecule has 0 saturated carbocycles. The number of nitriles is 1. The van der Waals surface area contributed by atoms with Crippen LogP contribution in [-0.4, -0.2) is 21.8 Å². The van der Waals surface area contributed by atoms with Gasteiger partial charge in [0.15, 0.2) is 5.16 Å². The van der Waals surface area contributed by atoms with Crippen molar-refractivity contribution in [2.45, 2.75) is 37.9 Å². The predicted molar refractivity (Wildman–Crippen MR) is 89.9 cm³/mol. The molecule has 1 aliphatic rings. The minimum atomic E-state index is -0.406. The van der Waals surface area contributed by atoms with Crippen LogP contribution in [0.4, 0.5) is 0 Å². The van der Waals surface area contributed by atoms with Gasteiger partial charge in [0.2, 0.25) is 0 Å². The topological polar surface area (TPSA) is 78.8 Å². The first-order valence-corrected chi connectivity index (χ1v) is 8.48. The summed E-state index contributed by atoms with van der Waals surface area (Å²) in [6.07, 6.45) is 2.62. The maximum Gasteiger partial charge on any atom is 0.270 e. The Hall–Kier alpha value is -2.26. The number of aromatic amines is 1. The van der Waals surface area contributed by atoms with Crippen LogP contribution >= 0.6 is 11.8 Å². The lowest BCUT2D eigenvalue weighted by molar-refractivity contribution is 0.137. The summed E-state index contributed by atoms with van der Waals surface area (Å²) in [5.74, 6) is 0.896. The molecule has 0 aliphatic carbocycles. The van der Waals surface area contributed by atoms with Gasteiger partial charge in [-0.05, 0) is 50.3 Å². The van der Waals surface area contributed by atoms with Gasteiger partial charge in [-0.15, -0.1) is 0 Å². The molecule has 118 valence electrons. The van der Waals surface area contributed by atoms with Crippen molar-refractivity contribution in [3.8, 4) is 23.1 Å². The van der Waals surface area contributed by atoms with Gasteiger partial charge >= 0.3 is 0 Å². The van der Waals surface area contributed by atoms with Gasteiger partial charge in [-0.2, -0.15) is 5.26 Å². The standard InChI is InChI=1S/C17H17N3O2S/c1-9-5-10(6-11-7-17(2,3)22-14(9)11)13-12(8-18)15(21)20-16(19-13)23-4/h5-6H,7H2,1-4H3,(H,19,20,21). The summed E-state index contributed by atoms with van der Waals surface area (Å²) >= 11 is 1.34. The van der Waals surface area contributed by atoms with E-state index in [-0.39, 0.29) is 11.2 Å². The molecule has 1 N–H and O–H groups in total. The zero-order valence-electron chi connectivity index (χ0n) is 13.5. The Kier molecular flexibility index (Phi) is 3.69. The second-order valence-electron chi connectivity index (χ2n) is 6.23. The van der Waals surface area contributed by atoms with Crippen molar-refractivity contribution in [3.05, 3.63) is 39.2 Å². The van der Waals surface area contributed by atoms with Crippen LogP contribution in [0.25, 0.3) is 11.3 Å². The van der Waals surface area contributed by atoms with E-state index in [0.717, 1.165) is 28.9 Å². The van der Waals surface area contributed by atoms with E-state index in [2.05, 4.69) is 9.97 Å². The van der Waals surface area contributed by atoms with Crippen LogP contribution in [0.2, 0.25) is 0 Å². The summed E-state index contributed by atoms with van der Waals surface area (Å²) < 4.78 is 5.98. The smallest absolute Gasteiger partial charge is 0.270 e. The van der Waals surface area contributed by atoms with Crippen molar-refractivity contribution >= 4 is 11.8 Å². The number of hydrogen-bond acceptors (Lipinski definition) is 5. The van der Waals surface area contributed by atoms with Crippen molar-refractivity contribution in [2.75, 3.05) is 6.26 Å². The van der Waals surface area contributed by atoms with Gasteiger partial charge in [-0.1, -0.05) is 11.8 Å². The van der Waals surface area contributed by atoms with Gasteiger partial charge in [0.05, 0.1) is 5.69 Å². The quantitative estimate of drug-likeness (QED) is 0.677.